The zero-order valence-electron chi connectivity index (χ0n) is 11.1. The Morgan fingerprint density at radius 2 is 2.26 bits per heavy atom. The summed E-state index contributed by atoms with van der Waals surface area (Å²) in [5.41, 5.74) is 7.17. The van der Waals surface area contributed by atoms with Gasteiger partial charge in [-0.05, 0) is 25.1 Å². The lowest BCUT2D eigenvalue weighted by Gasteiger charge is -2.16. The summed E-state index contributed by atoms with van der Waals surface area (Å²) in [6.45, 7) is 2.96. The summed E-state index contributed by atoms with van der Waals surface area (Å²) in [6.07, 6.45) is 4.40. The molecule has 1 aromatic heterocycles. The smallest absolute Gasteiger partial charge is 0.123 e. The molecule has 0 fully saturated rings. The third kappa shape index (κ3) is 3.08. The lowest BCUT2D eigenvalue weighted by Crippen LogP contribution is -2.17. The highest BCUT2D eigenvalue weighted by Crippen LogP contribution is 2.28. The topological polar surface area (TPSA) is 53.1 Å². The highest BCUT2D eigenvalue weighted by molar-refractivity contribution is 6.30. The third-order valence-electron chi connectivity index (χ3n) is 3.14. The van der Waals surface area contributed by atoms with E-state index in [4.69, 9.17) is 22.1 Å². The van der Waals surface area contributed by atoms with E-state index in [9.17, 15) is 0 Å². The van der Waals surface area contributed by atoms with Gasteiger partial charge in [0.25, 0.3) is 0 Å². The van der Waals surface area contributed by atoms with Gasteiger partial charge in [-0.25, -0.2) is 4.98 Å². The number of benzene rings is 1. The first-order valence-corrected chi connectivity index (χ1v) is 6.62. The van der Waals surface area contributed by atoms with Crippen LogP contribution in [0.1, 0.15) is 24.4 Å². The van der Waals surface area contributed by atoms with E-state index in [1.807, 2.05) is 18.3 Å². The van der Waals surface area contributed by atoms with Gasteiger partial charge in [0.05, 0.1) is 7.11 Å². The molecule has 0 amide bonds. The van der Waals surface area contributed by atoms with E-state index in [0.717, 1.165) is 23.7 Å². The van der Waals surface area contributed by atoms with Crippen LogP contribution in [0, 0.1) is 0 Å². The summed E-state index contributed by atoms with van der Waals surface area (Å²) >= 11 is 6.03. The van der Waals surface area contributed by atoms with E-state index < -0.39 is 0 Å². The van der Waals surface area contributed by atoms with Gasteiger partial charge in [0.2, 0.25) is 0 Å². The van der Waals surface area contributed by atoms with Crippen LogP contribution < -0.4 is 10.5 Å². The Morgan fingerprint density at radius 3 is 2.95 bits per heavy atom. The van der Waals surface area contributed by atoms with Crippen LogP contribution >= 0.6 is 11.6 Å². The van der Waals surface area contributed by atoms with Crippen molar-refractivity contribution in [3.63, 3.8) is 0 Å². The fraction of sp³-hybridized carbons (Fsp3) is 0.357. The van der Waals surface area contributed by atoms with Crippen LogP contribution in [-0.2, 0) is 13.0 Å². The van der Waals surface area contributed by atoms with Crippen molar-refractivity contribution in [1.82, 2.24) is 9.55 Å². The molecule has 1 aromatic carbocycles. The molecule has 0 saturated heterocycles. The summed E-state index contributed by atoms with van der Waals surface area (Å²) < 4.78 is 7.41. The molecule has 0 spiro atoms. The van der Waals surface area contributed by atoms with Gasteiger partial charge in [-0.1, -0.05) is 11.6 Å². The van der Waals surface area contributed by atoms with Gasteiger partial charge in [-0.15, -0.1) is 0 Å². The molecule has 5 heteroatoms. The Bertz CT molecular complexity index is 553. The van der Waals surface area contributed by atoms with Gasteiger partial charge < -0.3 is 15.0 Å². The zero-order chi connectivity index (χ0) is 13.8. The Balaban J connectivity index is 2.24. The molecule has 2 aromatic rings. The number of aryl methyl sites for hydroxylation is 1. The van der Waals surface area contributed by atoms with Crippen LogP contribution in [-0.4, -0.2) is 16.7 Å². The van der Waals surface area contributed by atoms with Crippen LogP contribution in [0.15, 0.2) is 30.6 Å². The molecule has 1 unspecified atom stereocenters. The van der Waals surface area contributed by atoms with Crippen molar-refractivity contribution in [3.8, 4) is 5.75 Å². The van der Waals surface area contributed by atoms with Gasteiger partial charge in [0.1, 0.15) is 11.6 Å². The maximum absolute atomic E-state index is 6.26. The maximum atomic E-state index is 6.26. The summed E-state index contributed by atoms with van der Waals surface area (Å²) in [5, 5.41) is 0.657. The number of nitrogens with two attached hydrogens (primary N) is 1. The molecule has 2 rings (SSSR count). The van der Waals surface area contributed by atoms with E-state index in [-0.39, 0.29) is 6.04 Å². The molecule has 0 radical (unpaired) electrons. The second-order valence-corrected chi connectivity index (χ2v) is 4.76. The third-order valence-corrected chi connectivity index (χ3v) is 3.37. The fourth-order valence-corrected chi connectivity index (χ4v) is 2.30. The molecule has 0 aliphatic carbocycles. The minimum absolute atomic E-state index is 0.193. The second kappa shape index (κ2) is 6.08. The summed E-state index contributed by atoms with van der Waals surface area (Å²) in [4.78, 5) is 4.34. The summed E-state index contributed by atoms with van der Waals surface area (Å²) in [6, 6.07) is 5.29. The quantitative estimate of drug-likeness (QED) is 0.916. The standard InChI is InChI=1S/C14H18ClN3O/c1-3-18-7-6-17-14(18)9-12(16)11-8-10(15)4-5-13(11)19-2/h4-8,12H,3,9,16H2,1-2H3. The van der Waals surface area contributed by atoms with Crippen molar-refractivity contribution in [1.29, 1.82) is 0 Å². The van der Waals surface area contributed by atoms with Crippen molar-refractivity contribution in [2.75, 3.05) is 7.11 Å². The van der Waals surface area contributed by atoms with Crippen LogP contribution in [0.5, 0.6) is 5.75 Å². The fourth-order valence-electron chi connectivity index (χ4n) is 2.12. The maximum Gasteiger partial charge on any atom is 0.123 e. The molecule has 0 aliphatic heterocycles. The second-order valence-electron chi connectivity index (χ2n) is 4.33. The molecule has 19 heavy (non-hydrogen) atoms. The van der Waals surface area contributed by atoms with Gasteiger partial charge in [0, 0.05) is 42.0 Å². The lowest BCUT2D eigenvalue weighted by atomic mass is 10.0. The summed E-state index contributed by atoms with van der Waals surface area (Å²) in [5.74, 6) is 1.73. The minimum atomic E-state index is -0.193. The first-order chi connectivity index (χ1) is 9.15. The molecule has 0 saturated carbocycles. The van der Waals surface area contributed by atoms with Crippen molar-refractivity contribution in [2.45, 2.75) is 25.9 Å². The van der Waals surface area contributed by atoms with E-state index in [1.54, 1.807) is 19.4 Å². The molecule has 0 aliphatic rings. The average molecular weight is 280 g/mol. The van der Waals surface area contributed by atoms with Crippen LogP contribution in [0.4, 0.5) is 0 Å². The number of hydrogen-bond donors (Lipinski definition) is 1. The van der Waals surface area contributed by atoms with Gasteiger partial charge in [-0.3, -0.25) is 0 Å². The number of nitrogens with zero attached hydrogens (tertiary/aromatic N) is 2. The van der Waals surface area contributed by atoms with Crippen molar-refractivity contribution < 1.29 is 4.74 Å². The first-order valence-electron chi connectivity index (χ1n) is 6.24. The van der Waals surface area contributed by atoms with Crippen molar-refractivity contribution in [3.05, 3.63) is 47.0 Å². The largest absolute Gasteiger partial charge is 0.496 e. The molecular formula is C14H18ClN3O. The Hall–Kier alpha value is -1.52. The van der Waals surface area contributed by atoms with Crippen molar-refractivity contribution in [2.24, 2.45) is 5.73 Å². The van der Waals surface area contributed by atoms with Gasteiger partial charge in [0.15, 0.2) is 0 Å². The van der Waals surface area contributed by atoms with Crippen LogP contribution in [0.2, 0.25) is 5.02 Å². The molecule has 1 heterocycles. The Kier molecular flexibility index (Phi) is 4.45. The highest BCUT2D eigenvalue weighted by atomic mass is 35.5. The molecule has 1 atom stereocenters. The molecule has 2 N–H and O–H groups in total. The SMILES string of the molecule is CCn1ccnc1CC(N)c1cc(Cl)ccc1OC. The molecule has 102 valence electrons. The van der Waals surface area contributed by atoms with E-state index in [0.29, 0.717) is 11.4 Å². The average Bonchev–Trinajstić information content (AvgIpc) is 2.85. The van der Waals surface area contributed by atoms with E-state index in [1.165, 1.54) is 0 Å². The molecule has 0 bridgehead atoms. The number of methoxy groups -OCH3 is 1. The monoisotopic (exact) mass is 279 g/mol. The Labute approximate surface area is 118 Å². The first kappa shape index (κ1) is 13.9. The van der Waals surface area contributed by atoms with Crippen molar-refractivity contribution >= 4 is 11.6 Å². The number of ether oxygens (including phenoxy) is 1. The van der Waals surface area contributed by atoms with Gasteiger partial charge in [-0.2, -0.15) is 0 Å². The van der Waals surface area contributed by atoms with Crippen LogP contribution in [0.3, 0.4) is 0 Å². The highest BCUT2D eigenvalue weighted by Gasteiger charge is 2.15. The van der Waals surface area contributed by atoms with Crippen LogP contribution in [0.25, 0.3) is 0 Å². The lowest BCUT2D eigenvalue weighted by molar-refractivity contribution is 0.405. The number of aromatic nitrogens is 2. The number of imidazole rings is 1. The predicted molar refractivity (Wildman–Crippen MR) is 76.5 cm³/mol. The van der Waals surface area contributed by atoms with E-state index in [2.05, 4.69) is 16.5 Å². The molecular weight excluding hydrogens is 262 g/mol. The minimum Gasteiger partial charge on any atom is -0.496 e. The summed E-state index contributed by atoms with van der Waals surface area (Å²) in [7, 11) is 1.63. The molecule has 4 nitrogen and oxygen atoms in total. The van der Waals surface area contributed by atoms with E-state index >= 15 is 0 Å². The normalized spacial score (nSPS) is 12.4. The predicted octanol–water partition coefficient (Wildman–Crippen LogP) is 2.81. The van der Waals surface area contributed by atoms with Gasteiger partial charge >= 0.3 is 0 Å². The zero-order valence-corrected chi connectivity index (χ0v) is 11.9. The number of rotatable bonds is 5. The Morgan fingerprint density at radius 1 is 1.47 bits per heavy atom. The number of hydrogen-bond acceptors (Lipinski definition) is 3. The number of halogens is 1.